The van der Waals surface area contributed by atoms with Crippen LogP contribution in [0.3, 0.4) is 0 Å². The summed E-state index contributed by atoms with van der Waals surface area (Å²) in [5, 5.41) is 4.26. The molecule has 0 aromatic heterocycles. The molecule has 1 rings (SSSR count). The second-order valence-corrected chi connectivity index (χ2v) is 3.62. The Balaban J connectivity index is 2.48. The molecule has 4 nitrogen and oxygen atoms in total. The van der Waals surface area contributed by atoms with Gasteiger partial charge in [-0.25, -0.2) is 4.39 Å². The number of methoxy groups -OCH3 is 1. The molecule has 0 unspecified atom stereocenters. The number of ether oxygens (including phenoxy) is 1. The first-order valence-electron chi connectivity index (χ1n) is 5.22. The van der Waals surface area contributed by atoms with E-state index in [2.05, 4.69) is 5.32 Å². The minimum atomic E-state index is -4.38. The number of benzene rings is 1. The quantitative estimate of drug-likeness (QED) is 0.810. The summed E-state index contributed by atoms with van der Waals surface area (Å²) in [6.07, 6.45) is -4.38. The average molecular weight is 280 g/mol. The van der Waals surface area contributed by atoms with Crippen LogP contribution in [0.1, 0.15) is 0 Å². The molecule has 1 aromatic rings. The summed E-state index contributed by atoms with van der Waals surface area (Å²) in [7, 11) is 1.26. The molecule has 0 atom stereocenters. The fourth-order valence-electron chi connectivity index (χ4n) is 1.26. The molecule has 2 N–H and O–H groups in total. The first-order valence-corrected chi connectivity index (χ1v) is 5.22. The SMILES string of the molecule is COc1cc(NC(=O)CNCC(F)(F)F)ccc1F. The lowest BCUT2D eigenvalue weighted by molar-refractivity contribution is -0.126. The van der Waals surface area contributed by atoms with Gasteiger partial charge in [0.2, 0.25) is 5.91 Å². The molecule has 0 radical (unpaired) electrons. The Morgan fingerprint density at radius 2 is 2.05 bits per heavy atom. The zero-order valence-electron chi connectivity index (χ0n) is 9.97. The van der Waals surface area contributed by atoms with Crippen LogP contribution in [0.2, 0.25) is 0 Å². The number of amides is 1. The number of carbonyl (C=O) groups excluding carboxylic acids is 1. The Labute approximate surface area is 106 Å². The smallest absolute Gasteiger partial charge is 0.401 e. The van der Waals surface area contributed by atoms with Crippen LogP contribution in [-0.4, -0.2) is 32.3 Å². The summed E-state index contributed by atoms with van der Waals surface area (Å²) in [5.41, 5.74) is 0.233. The number of anilines is 1. The van der Waals surface area contributed by atoms with E-state index in [1.807, 2.05) is 5.32 Å². The fourth-order valence-corrected chi connectivity index (χ4v) is 1.26. The van der Waals surface area contributed by atoms with E-state index in [-0.39, 0.29) is 11.4 Å². The summed E-state index contributed by atoms with van der Waals surface area (Å²) in [6.45, 7) is -1.76. The highest BCUT2D eigenvalue weighted by molar-refractivity contribution is 5.92. The molecule has 0 aliphatic heterocycles. The molecule has 1 amide bonds. The summed E-state index contributed by atoms with van der Waals surface area (Å²) in [4.78, 5) is 11.3. The van der Waals surface area contributed by atoms with Gasteiger partial charge in [0.1, 0.15) is 0 Å². The first-order chi connectivity index (χ1) is 8.81. The predicted molar refractivity (Wildman–Crippen MR) is 60.5 cm³/mol. The Morgan fingerprint density at radius 1 is 1.37 bits per heavy atom. The monoisotopic (exact) mass is 280 g/mol. The van der Waals surface area contributed by atoms with E-state index < -0.39 is 31.0 Å². The second-order valence-electron chi connectivity index (χ2n) is 3.62. The van der Waals surface area contributed by atoms with Gasteiger partial charge >= 0.3 is 6.18 Å². The molecule has 0 bridgehead atoms. The first kappa shape index (κ1) is 15.2. The molecular formula is C11H12F4N2O2. The van der Waals surface area contributed by atoms with Gasteiger partial charge in [-0.15, -0.1) is 0 Å². The number of hydrogen-bond donors (Lipinski definition) is 2. The number of carbonyl (C=O) groups is 1. The van der Waals surface area contributed by atoms with E-state index in [1.165, 1.54) is 19.2 Å². The molecule has 0 heterocycles. The Kier molecular flexibility index (Phi) is 5.11. The highest BCUT2D eigenvalue weighted by atomic mass is 19.4. The zero-order chi connectivity index (χ0) is 14.5. The molecule has 0 aliphatic carbocycles. The van der Waals surface area contributed by atoms with Gasteiger partial charge in [0, 0.05) is 11.8 Å². The van der Waals surface area contributed by atoms with Gasteiger partial charge < -0.3 is 15.4 Å². The molecule has 0 fully saturated rings. The van der Waals surface area contributed by atoms with Crippen molar-refractivity contribution in [2.75, 3.05) is 25.5 Å². The summed E-state index contributed by atoms with van der Waals surface area (Å²) in [6, 6.07) is 3.59. The van der Waals surface area contributed by atoms with Crippen molar-refractivity contribution in [2.45, 2.75) is 6.18 Å². The van der Waals surface area contributed by atoms with Gasteiger partial charge in [-0.1, -0.05) is 0 Å². The van der Waals surface area contributed by atoms with Crippen LogP contribution >= 0.6 is 0 Å². The minimum absolute atomic E-state index is 0.0685. The molecule has 0 saturated carbocycles. The maximum atomic E-state index is 13.1. The van der Waals surface area contributed by atoms with Crippen LogP contribution in [-0.2, 0) is 4.79 Å². The molecule has 19 heavy (non-hydrogen) atoms. The van der Waals surface area contributed by atoms with E-state index in [1.54, 1.807) is 0 Å². The van der Waals surface area contributed by atoms with E-state index in [4.69, 9.17) is 4.74 Å². The van der Waals surface area contributed by atoms with Gasteiger partial charge in [0.05, 0.1) is 20.2 Å². The van der Waals surface area contributed by atoms with Gasteiger partial charge in [0.15, 0.2) is 11.6 Å². The molecule has 8 heteroatoms. The highest BCUT2D eigenvalue weighted by Crippen LogP contribution is 2.21. The Hall–Kier alpha value is -1.83. The third kappa shape index (κ3) is 5.56. The topological polar surface area (TPSA) is 50.4 Å². The standard InChI is InChI=1S/C11H12F4N2O2/c1-19-9-4-7(2-3-8(9)12)17-10(18)5-16-6-11(13,14)15/h2-4,16H,5-6H2,1H3,(H,17,18). The minimum Gasteiger partial charge on any atom is -0.494 e. The predicted octanol–water partition coefficient (Wildman–Crippen LogP) is 1.92. The lowest BCUT2D eigenvalue weighted by atomic mass is 10.3. The maximum absolute atomic E-state index is 13.1. The van der Waals surface area contributed by atoms with Crippen LogP contribution in [0.5, 0.6) is 5.75 Å². The van der Waals surface area contributed by atoms with Crippen molar-refractivity contribution >= 4 is 11.6 Å². The van der Waals surface area contributed by atoms with Crippen LogP contribution < -0.4 is 15.4 Å². The van der Waals surface area contributed by atoms with Crippen LogP contribution in [0.25, 0.3) is 0 Å². The van der Waals surface area contributed by atoms with Crippen molar-refractivity contribution in [1.82, 2.24) is 5.32 Å². The van der Waals surface area contributed by atoms with Crippen molar-refractivity contribution in [2.24, 2.45) is 0 Å². The van der Waals surface area contributed by atoms with Gasteiger partial charge in [-0.3, -0.25) is 4.79 Å². The lowest BCUT2D eigenvalue weighted by Crippen LogP contribution is -2.35. The zero-order valence-corrected chi connectivity index (χ0v) is 9.97. The number of rotatable bonds is 5. The van der Waals surface area contributed by atoms with Crippen molar-refractivity contribution in [3.05, 3.63) is 24.0 Å². The Morgan fingerprint density at radius 3 is 2.63 bits per heavy atom. The normalized spacial score (nSPS) is 11.2. The Bertz CT molecular complexity index is 449. The van der Waals surface area contributed by atoms with Crippen molar-refractivity contribution < 1.29 is 27.1 Å². The third-order valence-electron chi connectivity index (χ3n) is 2.05. The molecule has 1 aromatic carbocycles. The third-order valence-corrected chi connectivity index (χ3v) is 2.05. The van der Waals surface area contributed by atoms with Gasteiger partial charge in [0.25, 0.3) is 0 Å². The summed E-state index contributed by atoms with van der Waals surface area (Å²) in [5.74, 6) is -1.34. The van der Waals surface area contributed by atoms with Crippen LogP contribution in [0.15, 0.2) is 18.2 Å². The fraction of sp³-hybridized carbons (Fsp3) is 0.364. The summed E-state index contributed by atoms with van der Waals surface area (Å²) >= 11 is 0. The second kappa shape index (κ2) is 6.37. The summed E-state index contributed by atoms with van der Waals surface area (Å²) < 4.78 is 53.2. The number of halogens is 4. The largest absolute Gasteiger partial charge is 0.494 e. The van der Waals surface area contributed by atoms with E-state index >= 15 is 0 Å². The highest BCUT2D eigenvalue weighted by Gasteiger charge is 2.26. The van der Waals surface area contributed by atoms with E-state index in [0.29, 0.717) is 0 Å². The number of nitrogens with one attached hydrogen (secondary N) is 2. The lowest BCUT2D eigenvalue weighted by Gasteiger charge is -2.10. The van der Waals surface area contributed by atoms with E-state index in [0.717, 1.165) is 6.07 Å². The van der Waals surface area contributed by atoms with Crippen molar-refractivity contribution in [3.8, 4) is 5.75 Å². The molecule has 0 aliphatic rings. The molecule has 106 valence electrons. The van der Waals surface area contributed by atoms with E-state index in [9.17, 15) is 22.4 Å². The van der Waals surface area contributed by atoms with Crippen molar-refractivity contribution in [3.63, 3.8) is 0 Å². The molecule has 0 spiro atoms. The number of alkyl halides is 3. The van der Waals surface area contributed by atoms with Gasteiger partial charge in [-0.2, -0.15) is 13.2 Å². The molecule has 0 saturated heterocycles. The maximum Gasteiger partial charge on any atom is 0.401 e. The van der Waals surface area contributed by atoms with Gasteiger partial charge in [-0.05, 0) is 12.1 Å². The van der Waals surface area contributed by atoms with Crippen LogP contribution in [0, 0.1) is 5.82 Å². The molecular weight excluding hydrogens is 268 g/mol. The average Bonchev–Trinajstić information content (AvgIpc) is 2.30. The number of hydrogen-bond acceptors (Lipinski definition) is 3. The van der Waals surface area contributed by atoms with Crippen molar-refractivity contribution in [1.29, 1.82) is 0 Å². The van der Waals surface area contributed by atoms with Crippen LogP contribution in [0.4, 0.5) is 23.2 Å².